The number of nitrogens with one attached hydrogen (secondary N) is 1. The van der Waals surface area contributed by atoms with Gasteiger partial charge in [0.25, 0.3) is 0 Å². The molecule has 1 unspecified atom stereocenters. The molecule has 0 bridgehead atoms. The number of carbonyl (C=O) groups is 1. The van der Waals surface area contributed by atoms with Gasteiger partial charge in [0.1, 0.15) is 11.7 Å². The molecular formula is C15H21N3O2. The molecule has 5 heteroatoms. The number of aryl methyl sites for hydroxylation is 1. The minimum Gasteiger partial charge on any atom is -0.465 e. The summed E-state index contributed by atoms with van der Waals surface area (Å²) in [5, 5.41) is 0. The van der Waals surface area contributed by atoms with Gasteiger partial charge in [0.05, 0.1) is 12.1 Å². The normalized spacial score (nSPS) is 12.8. The lowest BCUT2D eigenvalue weighted by molar-refractivity contribution is -0.145. The number of hydrogen-bond donors (Lipinski definition) is 1. The van der Waals surface area contributed by atoms with Crippen molar-refractivity contribution in [2.45, 2.75) is 40.0 Å². The number of hydrogen-bond acceptors (Lipinski definition) is 4. The molecule has 0 saturated carbocycles. The predicted molar refractivity (Wildman–Crippen MR) is 77.5 cm³/mol. The maximum absolute atomic E-state index is 12.1. The largest absolute Gasteiger partial charge is 0.465 e. The van der Waals surface area contributed by atoms with E-state index in [1.54, 1.807) is 0 Å². The number of ether oxygens (including phenoxy) is 1. The highest BCUT2D eigenvalue weighted by Gasteiger charge is 2.26. The quantitative estimate of drug-likeness (QED) is 0.852. The van der Waals surface area contributed by atoms with Crippen LogP contribution in [-0.4, -0.2) is 27.5 Å². The van der Waals surface area contributed by atoms with E-state index in [1.807, 2.05) is 26.0 Å². The molecule has 1 atom stereocenters. The van der Waals surface area contributed by atoms with Gasteiger partial charge in [-0.2, -0.15) is 0 Å². The van der Waals surface area contributed by atoms with Crippen LogP contribution < -0.4 is 0 Å². The van der Waals surface area contributed by atoms with Gasteiger partial charge in [-0.15, -0.1) is 0 Å². The van der Waals surface area contributed by atoms with Crippen LogP contribution in [0.3, 0.4) is 0 Å². The lowest BCUT2D eigenvalue weighted by atomic mass is 9.96. The maximum Gasteiger partial charge on any atom is 0.316 e. The molecule has 2 rings (SSSR count). The Morgan fingerprint density at radius 1 is 1.35 bits per heavy atom. The lowest BCUT2D eigenvalue weighted by Gasteiger charge is -2.15. The zero-order chi connectivity index (χ0) is 14.7. The van der Waals surface area contributed by atoms with Gasteiger partial charge < -0.3 is 9.72 Å². The summed E-state index contributed by atoms with van der Waals surface area (Å²) in [5.74, 6) is 0.444. The van der Waals surface area contributed by atoms with Gasteiger partial charge in [0.15, 0.2) is 5.65 Å². The van der Waals surface area contributed by atoms with E-state index in [0.717, 1.165) is 11.2 Å². The Morgan fingerprint density at radius 2 is 2.10 bits per heavy atom. The van der Waals surface area contributed by atoms with Crippen molar-refractivity contribution < 1.29 is 9.53 Å². The maximum atomic E-state index is 12.1. The van der Waals surface area contributed by atoms with Gasteiger partial charge in [-0.1, -0.05) is 13.8 Å². The van der Waals surface area contributed by atoms with E-state index in [4.69, 9.17) is 4.74 Å². The van der Waals surface area contributed by atoms with Crippen molar-refractivity contribution in [1.29, 1.82) is 0 Å². The number of imidazole rings is 1. The molecule has 0 amide bonds. The summed E-state index contributed by atoms with van der Waals surface area (Å²) in [5.41, 5.74) is 2.41. The zero-order valence-electron chi connectivity index (χ0n) is 12.4. The summed E-state index contributed by atoms with van der Waals surface area (Å²) < 4.78 is 5.16. The third-order valence-corrected chi connectivity index (χ3v) is 3.11. The topological polar surface area (TPSA) is 67.9 Å². The molecule has 1 N–H and O–H groups in total. The van der Waals surface area contributed by atoms with Crippen molar-refractivity contribution >= 4 is 17.1 Å². The first-order valence-electron chi connectivity index (χ1n) is 7.01. The second kappa shape index (κ2) is 6.03. The van der Waals surface area contributed by atoms with E-state index >= 15 is 0 Å². The summed E-state index contributed by atoms with van der Waals surface area (Å²) in [7, 11) is 0. The van der Waals surface area contributed by atoms with E-state index in [9.17, 15) is 4.79 Å². The Kier molecular flexibility index (Phi) is 4.37. The first kappa shape index (κ1) is 14.5. The zero-order valence-corrected chi connectivity index (χ0v) is 12.4. The van der Waals surface area contributed by atoms with Gasteiger partial charge in [-0.3, -0.25) is 4.79 Å². The number of carbonyl (C=O) groups excluding carboxylic acids is 1. The van der Waals surface area contributed by atoms with Crippen LogP contribution in [0.15, 0.2) is 12.1 Å². The SMILES string of the molecule is CCOC(=O)C(CC(C)C)c1nc2nc(C)ccc2[nH]1. The average molecular weight is 275 g/mol. The average Bonchev–Trinajstić information content (AvgIpc) is 2.78. The van der Waals surface area contributed by atoms with Crippen molar-refractivity contribution in [2.24, 2.45) is 5.92 Å². The minimum atomic E-state index is -0.357. The molecule has 2 heterocycles. The van der Waals surface area contributed by atoms with Crippen molar-refractivity contribution in [1.82, 2.24) is 15.0 Å². The lowest BCUT2D eigenvalue weighted by Crippen LogP contribution is -2.19. The molecule has 2 aromatic rings. The Bertz CT molecular complexity index is 604. The van der Waals surface area contributed by atoms with Crippen LogP contribution in [0.2, 0.25) is 0 Å². The van der Waals surface area contributed by atoms with E-state index in [-0.39, 0.29) is 11.9 Å². The predicted octanol–water partition coefficient (Wildman–Crippen LogP) is 2.96. The smallest absolute Gasteiger partial charge is 0.316 e. The highest BCUT2D eigenvalue weighted by molar-refractivity contribution is 5.79. The third kappa shape index (κ3) is 3.15. The number of nitrogens with zero attached hydrogens (tertiary/aromatic N) is 2. The number of aromatic nitrogens is 3. The van der Waals surface area contributed by atoms with E-state index in [2.05, 4.69) is 28.8 Å². The highest BCUT2D eigenvalue weighted by atomic mass is 16.5. The summed E-state index contributed by atoms with van der Waals surface area (Å²) in [6.45, 7) is 8.28. The van der Waals surface area contributed by atoms with Crippen LogP contribution in [0.1, 0.15) is 44.6 Å². The first-order chi connectivity index (χ1) is 9.51. The number of rotatable bonds is 5. The molecule has 0 spiro atoms. The monoisotopic (exact) mass is 275 g/mol. The van der Waals surface area contributed by atoms with Crippen LogP contribution in [0.4, 0.5) is 0 Å². The van der Waals surface area contributed by atoms with Crippen LogP contribution in [-0.2, 0) is 9.53 Å². The van der Waals surface area contributed by atoms with Gasteiger partial charge in [-0.05, 0) is 38.3 Å². The van der Waals surface area contributed by atoms with Crippen molar-refractivity contribution in [3.8, 4) is 0 Å². The Balaban J connectivity index is 2.36. The van der Waals surface area contributed by atoms with Crippen LogP contribution in [0.5, 0.6) is 0 Å². The molecule has 0 aliphatic carbocycles. The van der Waals surface area contributed by atoms with Gasteiger partial charge >= 0.3 is 5.97 Å². The second-order valence-electron chi connectivity index (χ2n) is 5.38. The first-order valence-corrected chi connectivity index (χ1v) is 7.01. The molecule has 0 aromatic carbocycles. The van der Waals surface area contributed by atoms with Crippen LogP contribution in [0, 0.1) is 12.8 Å². The summed E-state index contributed by atoms with van der Waals surface area (Å²) in [4.78, 5) is 24.1. The number of fused-ring (bicyclic) bond motifs is 1. The number of H-pyrrole nitrogens is 1. The summed E-state index contributed by atoms with van der Waals surface area (Å²) in [6, 6.07) is 3.86. The molecular weight excluding hydrogens is 254 g/mol. The van der Waals surface area contributed by atoms with Crippen LogP contribution in [0.25, 0.3) is 11.2 Å². The van der Waals surface area contributed by atoms with E-state index < -0.39 is 0 Å². The molecule has 0 aliphatic rings. The Hall–Kier alpha value is -1.91. The molecule has 20 heavy (non-hydrogen) atoms. The minimum absolute atomic E-state index is 0.225. The highest BCUT2D eigenvalue weighted by Crippen LogP contribution is 2.25. The second-order valence-corrected chi connectivity index (χ2v) is 5.38. The molecule has 0 aliphatic heterocycles. The number of esters is 1. The van der Waals surface area contributed by atoms with Gasteiger partial charge in [0, 0.05) is 5.69 Å². The molecule has 0 saturated heterocycles. The fraction of sp³-hybridized carbons (Fsp3) is 0.533. The third-order valence-electron chi connectivity index (χ3n) is 3.11. The van der Waals surface area contributed by atoms with Crippen LogP contribution >= 0.6 is 0 Å². The van der Waals surface area contributed by atoms with E-state index in [0.29, 0.717) is 30.4 Å². The van der Waals surface area contributed by atoms with Crippen molar-refractivity contribution in [3.63, 3.8) is 0 Å². The number of aromatic amines is 1. The summed E-state index contributed by atoms with van der Waals surface area (Å²) >= 11 is 0. The molecule has 5 nitrogen and oxygen atoms in total. The fourth-order valence-corrected chi connectivity index (χ4v) is 2.20. The van der Waals surface area contributed by atoms with Gasteiger partial charge in [0.2, 0.25) is 0 Å². The molecule has 0 radical (unpaired) electrons. The molecule has 0 fully saturated rings. The van der Waals surface area contributed by atoms with Gasteiger partial charge in [-0.25, -0.2) is 9.97 Å². The van der Waals surface area contributed by atoms with Crippen molar-refractivity contribution in [3.05, 3.63) is 23.7 Å². The fourth-order valence-electron chi connectivity index (χ4n) is 2.20. The Labute approximate surface area is 118 Å². The standard InChI is InChI=1S/C15H21N3O2/c1-5-20-15(19)11(8-9(2)3)13-17-12-7-6-10(4)16-14(12)18-13/h6-7,9,11H,5,8H2,1-4H3,(H,16,17,18). The summed E-state index contributed by atoms with van der Waals surface area (Å²) in [6.07, 6.45) is 0.706. The Morgan fingerprint density at radius 3 is 2.75 bits per heavy atom. The number of pyridine rings is 1. The van der Waals surface area contributed by atoms with E-state index in [1.165, 1.54) is 0 Å². The van der Waals surface area contributed by atoms with Crippen molar-refractivity contribution in [2.75, 3.05) is 6.61 Å². The molecule has 108 valence electrons. The molecule has 2 aromatic heterocycles.